The van der Waals surface area contributed by atoms with E-state index in [1.54, 1.807) is 19.1 Å². The maximum Gasteiger partial charge on any atom is 0.364 e. The molecule has 1 rings (SSSR count). The molecule has 0 radical (unpaired) electrons. The number of rotatable bonds is 3. The van der Waals surface area contributed by atoms with E-state index < -0.39 is 6.03 Å². The van der Waals surface area contributed by atoms with Gasteiger partial charge in [-0.15, -0.1) is 0 Å². The van der Waals surface area contributed by atoms with E-state index in [0.29, 0.717) is 17.2 Å². The van der Waals surface area contributed by atoms with Gasteiger partial charge in [-0.05, 0) is 19.1 Å². The first kappa shape index (κ1) is 10.6. The molecule has 6 heteroatoms. The molecule has 78 valence electrons. The van der Waals surface area contributed by atoms with Crippen LogP contribution in [0.2, 0.25) is 0 Å². The molecule has 0 saturated heterocycles. The van der Waals surface area contributed by atoms with Gasteiger partial charge in [0, 0.05) is 6.42 Å². The van der Waals surface area contributed by atoms with E-state index in [0.717, 1.165) is 5.76 Å². The number of nitrogens with one attached hydrogen (secondary N) is 1. The first-order valence-electron chi connectivity index (χ1n) is 4.09. The van der Waals surface area contributed by atoms with Crippen molar-refractivity contribution >= 4 is 6.03 Å². The topological polar surface area (TPSA) is 85.9 Å². The highest BCUT2D eigenvalue weighted by atomic mass is 16.5. The number of aryl methyl sites for hydroxylation is 1. The van der Waals surface area contributed by atoms with Crippen LogP contribution in [0, 0.1) is 6.92 Å². The lowest BCUT2D eigenvalue weighted by Gasteiger charge is -2.11. The molecule has 0 aromatic carbocycles. The molecule has 2 amide bonds. The van der Waals surface area contributed by atoms with Crippen LogP contribution >= 0.6 is 0 Å². The Hall–Kier alpha value is -1.53. The van der Waals surface area contributed by atoms with Crippen molar-refractivity contribution < 1.29 is 19.6 Å². The number of nitrogens with zero attached hydrogens (tertiary/aromatic N) is 1. The van der Waals surface area contributed by atoms with Gasteiger partial charge in [-0.2, -0.15) is 0 Å². The van der Waals surface area contributed by atoms with Crippen LogP contribution in [0.4, 0.5) is 4.79 Å². The number of urea groups is 1. The van der Waals surface area contributed by atoms with Crippen LogP contribution < -0.4 is 5.48 Å². The van der Waals surface area contributed by atoms with Gasteiger partial charge in [-0.25, -0.2) is 15.3 Å². The lowest BCUT2D eigenvalue weighted by Crippen LogP contribution is -2.36. The number of carbonyl (C=O) groups is 1. The summed E-state index contributed by atoms with van der Waals surface area (Å²) < 4.78 is 5.22. The van der Waals surface area contributed by atoms with Crippen molar-refractivity contribution in [3.05, 3.63) is 23.7 Å². The van der Waals surface area contributed by atoms with E-state index in [4.69, 9.17) is 14.8 Å². The molecular weight excluding hydrogens is 188 g/mol. The molecule has 0 aliphatic heterocycles. The molecule has 14 heavy (non-hydrogen) atoms. The molecule has 3 N–H and O–H groups in total. The van der Waals surface area contributed by atoms with Crippen molar-refractivity contribution in [2.24, 2.45) is 0 Å². The smallest absolute Gasteiger partial charge is 0.364 e. The highest BCUT2D eigenvalue weighted by Gasteiger charge is 2.09. The molecule has 1 aromatic rings. The van der Waals surface area contributed by atoms with Crippen molar-refractivity contribution in [1.82, 2.24) is 10.5 Å². The monoisotopic (exact) mass is 200 g/mol. The Morgan fingerprint density at radius 1 is 1.64 bits per heavy atom. The quantitative estimate of drug-likeness (QED) is 0.500. The molecule has 0 unspecified atom stereocenters. The molecule has 0 atom stereocenters. The maximum absolute atomic E-state index is 10.6. The number of hydrogen-bond acceptors (Lipinski definition) is 4. The zero-order valence-electron chi connectivity index (χ0n) is 7.73. The minimum absolute atomic E-state index is 0.0549. The summed E-state index contributed by atoms with van der Waals surface area (Å²) in [6, 6.07) is 2.59. The van der Waals surface area contributed by atoms with Gasteiger partial charge in [-0.1, -0.05) is 0 Å². The summed E-state index contributed by atoms with van der Waals surface area (Å²) in [6.07, 6.45) is 0.387. The molecule has 6 nitrogen and oxygen atoms in total. The normalized spacial score (nSPS) is 9.93. The second-order valence-electron chi connectivity index (χ2n) is 2.80. The second kappa shape index (κ2) is 4.64. The molecule has 0 saturated carbocycles. The van der Waals surface area contributed by atoms with Crippen molar-refractivity contribution in [3.8, 4) is 0 Å². The first-order valence-corrected chi connectivity index (χ1v) is 4.09. The van der Waals surface area contributed by atoms with Gasteiger partial charge in [0.05, 0.1) is 6.54 Å². The van der Waals surface area contributed by atoms with Gasteiger partial charge in [0.1, 0.15) is 11.5 Å². The lowest BCUT2D eigenvalue weighted by atomic mass is 10.3. The van der Waals surface area contributed by atoms with Crippen LogP contribution in [0.5, 0.6) is 0 Å². The molecule has 0 aliphatic rings. The van der Waals surface area contributed by atoms with E-state index in [1.165, 1.54) is 5.48 Å². The Morgan fingerprint density at radius 3 is 2.86 bits per heavy atom. The van der Waals surface area contributed by atoms with E-state index in [1.807, 2.05) is 0 Å². The molecule has 1 heterocycles. The molecule has 0 spiro atoms. The molecule has 0 fully saturated rings. The molecule has 0 aliphatic carbocycles. The lowest BCUT2D eigenvalue weighted by molar-refractivity contribution is -0.0549. The fourth-order valence-electron chi connectivity index (χ4n) is 0.995. The van der Waals surface area contributed by atoms with Crippen molar-refractivity contribution in [2.45, 2.75) is 13.3 Å². The standard InChI is InChI=1S/C8H12N2O4/c1-6-2-3-7(14-6)4-5-10(13)8(11)9-12/h2-3,12-13H,4-5H2,1H3,(H,9,11). The summed E-state index contributed by atoms with van der Waals surface area (Å²) in [7, 11) is 0. The number of amides is 2. The minimum atomic E-state index is -0.965. The van der Waals surface area contributed by atoms with Gasteiger partial charge < -0.3 is 4.42 Å². The average Bonchev–Trinajstić information content (AvgIpc) is 2.59. The van der Waals surface area contributed by atoms with Gasteiger partial charge in [0.25, 0.3) is 0 Å². The average molecular weight is 200 g/mol. The maximum atomic E-state index is 10.6. The number of hydroxylamine groups is 3. The third-order valence-corrected chi connectivity index (χ3v) is 1.70. The van der Waals surface area contributed by atoms with Crippen molar-refractivity contribution in [3.63, 3.8) is 0 Å². The first-order chi connectivity index (χ1) is 6.63. The van der Waals surface area contributed by atoms with E-state index >= 15 is 0 Å². The summed E-state index contributed by atoms with van der Waals surface area (Å²) in [5, 5.41) is 17.6. The largest absolute Gasteiger partial charge is 0.466 e. The Balaban J connectivity index is 2.37. The van der Waals surface area contributed by atoms with Crippen LogP contribution in [0.3, 0.4) is 0 Å². The van der Waals surface area contributed by atoms with Crippen molar-refractivity contribution in [1.29, 1.82) is 0 Å². The summed E-state index contributed by atoms with van der Waals surface area (Å²) in [6.45, 7) is 1.86. The van der Waals surface area contributed by atoms with Crippen molar-refractivity contribution in [2.75, 3.05) is 6.54 Å². The molecule has 1 aromatic heterocycles. The fourth-order valence-corrected chi connectivity index (χ4v) is 0.995. The van der Waals surface area contributed by atoms with E-state index in [2.05, 4.69) is 0 Å². The Kier molecular flexibility index (Phi) is 3.49. The van der Waals surface area contributed by atoms with Gasteiger partial charge in [0.2, 0.25) is 0 Å². The summed E-state index contributed by atoms with van der Waals surface area (Å²) in [4.78, 5) is 10.6. The van der Waals surface area contributed by atoms with Gasteiger partial charge in [0.15, 0.2) is 0 Å². The summed E-state index contributed by atoms with van der Waals surface area (Å²) in [5.41, 5.74) is 1.31. The fraction of sp³-hybridized carbons (Fsp3) is 0.375. The minimum Gasteiger partial charge on any atom is -0.466 e. The van der Waals surface area contributed by atoms with Crippen LogP contribution in [0.15, 0.2) is 16.5 Å². The van der Waals surface area contributed by atoms with Crippen LogP contribution in [-0.2, 0) is 6.42 Å². The third kappa shape index (κ3) is 2.75. The number of carbonyl (C=O) groups excluding carboxylic acids is 1. The van der Waals surface area contributed by atoms with E-state index in [-0.39, 0.29) is 6.54 Å². The number of hydrogen-bond donors (Lipinski definition) is 3. The predicted molar refractivity (Wildman–Crippen MR) is 46.0 cm³/mol. The summed E-state index contributed by atoms with van der Waals surface area (Å²) >= 11 is 0. The Morgan fingerprint density at radius 2 is 2.36 bits per heavy atom. The van der Waals surface area contributed by atoms with E-state index in [9.17, 15) is 4.79 Å². The zero-order valence-corrected chi connectivity index (χ0v) is 7.73. The van der Waals surface area contributed by atoms with Crippen LogP contribution in [-0.4, -0.2) is 28.1 Å². The predicted octanol–water partition coefficient (Wildman–Crippen LogP) is 0.921. The molecule has 0 bridgehead atoms. The van der Waals surface area contributed by atoms with Gasteiger partial charge in [-0.3, -0.25) is 10.4 Å². The Bertz CT molecular complexity index is 310. The highest BCUT2D eigenvalue weighted by Crippen LogP contribution is 2.07. The van der Waals surface area contributed by atoms with Gasteiger partial charge >= 0.3 is 6.03 Å². The molecular formula is C8H12N2O4. The zero-order chi connectivity index (χ0) is 10.6. The SMILES string of the molecule is Cc1ccc(CCN(O)C(=O)NO)o1. The summed E-state index contributed by atoms with van der Waals surface area (Å²) in [5.74, 6) is 1.45. The van der Waals surface area contributed by atoms with Crippen LogP contribution in [0.25, 0.3) is 0 Å². The van der Waals surface area contributed by atoms with Crippen LogP contribution in [0.1, 0.15) is 11.5 Å². The second-order valence-corrected chi connectivity index (χ2v) is 2.80. The Labute approximate surface area is 80.7 Å². The third-order valence-electron chi connectivity index (χ3n) is 1.70. The number of furan rings is 1. The highest BCUT2D eigenvalue weighted by molar-refractivity contribution is 5.71.